The maximum absolute atomic E-state index is 14.7. The van der Waals surface area contributed by atoms with Crippen LogP contribution < -0.4 is 15.4 Å². The maximum atomic E-state index is 14.7. The molecule has 10 heteroatoms. The van der Waals surface area contributed by atoms with Crippen molar-refractivity contribution >= 4 is 23.4 Å². The van der Waals surface area contributed by atoms with Crippen LogP contribution in [0.3, 0.4) is 0 Å². The number of halogens is 2. The summed E-state index contributed by atoms with van der Waals surface area (Å²) in [6.07, 6.45) is 0.511. The summed E-state index contributed by atoms with van der Waals surface area (Å²) in [6, 6.07) is 4.34. The molecule has 0 saturated carbocycles. The van der Waals surface area contributed by atoms with E-state index in [0.717, 1.165) is 6.07 Å². The fourth-order valence-electron chi connectivity index (χ4n) is 3.00. The van der Waals surface area contributed by atoms with Crippen LogP contribution in [0.15, 0.2) is 18.3 Å². The van der Waals surface area contributed by atoms with Gasteiger partial charge in [-0.25, -0.2) is 13.8 Å². The molecule has 1 aliphatic heterocycles. The van der Waals surface area contributed by atoms with Crippen molar-refractivity contribution in [2.45, 2.75) is 19.5 Å². The standard InChI is InChI=1S/C19H20F2N6O2/c1-3-23-17-11(8-22)9-24-19(26-17)25-15-7-16(29-2)13(6-14(15)21)18(28)27-5-4-12(20)10-27/h6-7,9,12H,3-5,10H2,1-2H3,(H2,23,24,25,26). The molecule has 3 rings (SSSR count). The van der Waals surface area contributed by atoms with Gasteiger partial charge >= 0.3 is 0 Å². The predicted molar refractivity (Wildman–Crippen MR) is 103 cm³/mol. The zero-order chi connectivity index (χ0) is 21.0. The summed E-state index contributed by atoms with van der Waals surface area (Å²) < 4.78 is 33.3. The summed E-state index contributed by atoms with van der Waals surface area (Å²) in [4.78, 5) is 22.1. The van der Waals surface area contributed by atoms with Crippen molar-refractivity contribution in [1.29, 1.82) is 5.26 Å². The molecule has 2 aromatic rings. The Labute approximate surface area is 166 Å². The van der Waals surface area contributed by atoms with E-state index >= 15 is 0 Å². The molecule has 2 heterocycles. The molecule has 1 amide bonds. The van der Waals surface area contributed by atoms with E-state index in [-0.39, 0.29) is 48.0 Å². The average molecular weight is 402 g/mol. The number of nitrogens with zero attached hydrogens (tertiary/aromatic N) is 4. The van der Waals surface area contributed by atoms with E-state index in [1.165, 1.54) is 24.3 Å². The van der Waals surface area contributed by atoms with Crippen LogP contribution >= 0.6 is 0 Å². The number of amides is 1. The normalized spacial score (nSPS) is 15.7. The van der Waals surface area contributed by atoms with Gasteiger partial charge in [-0.1, -0.05) is 0 Å². The number of methoxy groups -OCH3 is 1. The molecule has 0 radical (unpaired) electrons. The van der Waals surface area contributed by atoms with Gasteiger partial charge in [0.1, 0.15) is 35.2 Å². The number of nitrogens with one attached hydrogen (secondary N) is 2. The maximum Gasteiger partial charge on any atom is 0.257 e. The molecule has 0 aliphatic carbocycles. The Morgan fingerprint density at radius 1 is 1.48 bits per heavy atom. The third-order valence-corrected chi connectivity index (χ3v) is 4.44. The first kappa shape index (κ1) is 20.3. The van der Waals surface area contributed by atoms with E-state index in [1.807, 2.05) is 13.0 Å². The zero-order valence-electron chi connectivity index (χ0n) is 16.0. The highest BCUT2D eigenvalue weighted by molar-refractivity contribution is 5.97. The van der Waals surface area contributed by atoms with Gasteiger partial charge in [-0.05, 0) is 19.4 Å². The van der Waals surface area contributed by atoms with Gasteiger partial charge in [0.05, 0.1) is 31.1 Å². The SMILES string of the molecule is CCNc1nc(Nc2cc(OC)c(C(=O)N3CCC(F)C3)cc2F)ncc1C#N. The number of nitriles is 1. The second-order valence-electron chi connectivity index (χ2n) is 6.39. The van der Waals surface area contributed by atoms with E-state index in [4.69, 9.17) is 10.00 Å². The second-order valence-corrected chi connectivity index (χ2v) is 6.39. The molecule has 1 fully saturated rings. The van der Waals surface area contributed by atoms with Crippen molar-refractivity contribution in [2.75, 3.05) is 37.4 Å². The molecule has 2 N–H and O–H groups in total. The van der Waals surface area contributed by atoms with Gasteiger partial charge in [-0.2, -0.15) is 10.2 Å². The van der Waals surface area contributed by atoms with Crippen LogP contribution in [0.2, 0.25) is 0 Å². The van der Waals surface area contributed by atoms with Gasteiger partial charge in [-0.15, -0.1) is 0 Å². The molecule has 29 heavy (non-hydrogen) atoms. The first-order chi connectivity index (χ1) is 14.0. The van der Waals surface area contributed by atoms with E-state index < -0.39 is 17.9 Å². The summed E-state index contributed by atoms with van der Waals surface area (Å²) >= 11 is 0. The molecule has 0 spiro atoms. The molecule has 0 bridgehead atoms. The molecule has 1 atom stereocenters. The number of carbonyl (C=O) groups is 1. The highest BCUT2D eigenvalue weighted by Crippen LogP contribution is 2.30. The third kappa shape index (κ3) is 4.34. The van der Waals surface area contributed by atoms with Crippen LogP contribution in [0, 0.1) is 17.1 Å². The fourth-order valence-corrected chi connectivity index (χ4v) is 3.00. The van der Waals surface area contributed by atoms with Crippen LogP contribution in [0.1, 0.15) is 29.3 Å². The van der Waals surface area contributed by atoms with Crippen molar-refractivity contribution < 1.29 is 18.3 Å². The molecule has 1 aromatic carbocycles. The second kappa shape index (κ2) is 8.68. The number of aromatic nitrogens is 2. The molecule has 1 saturated heterocycles. The summed E-state index contributed by atoms with van der Waals surface area (Å²) in [7, 11) is 1.36. The lowest BCUT2D eigenvalue weighted by Gasteiger charge is -2.18. The number of ether oxygens (including phenoxy) is 1. The molecule has 152 valence electrons. The zero-order valence-corrected chi connectivity index (χ0v) is 16.0. The van der Waals surface area contributed by atoms with Crippen LogP contribution in [0.4, 0.5) is 26.2 Å². The minimum absolute atomic E-state index is 0.00431. The quantitative estimate of drug-likeness (QED) is 0.766. The Morgan fingerprint density at radius 2 is 2.28 bits per heavy atom. The number of rotatable bonds is 6. The minimum atomic E-state index is -1.07. The lowest BCUT2D eigenvalue weighted by molar-refractivity contribution is 0.0779. The highest BCUT2D eigenvalue weighted by Gasteiger charge is 2.29. The summed E-state index contributed by atoms with van der Waals surface area (Å²) in [5.41, 5.74) is 0.266. The van der Waals surface area contributed by atoms with Crippen LogP contribution in [0.5, 0.6) is 5.75 Å². The van der Waals surface area contributed by atoms with Gasteiger partial charge in [0, 0.05) is 19.2 Å². The number of hydrogen-bond acceptors (Lipinski definition) is 7. The van der Waals surface area contributed by atoms with Gasteiger partial charge in [-0.3, -0.25) is 4.79 Å². The van der Waals surface area contributed by atoms with E-state index in [1.54, 1.807) is 0 Å². The van der Waals surface area contributed by atoms with E-state index in [9.17, 15) is 13.6 Å². The number of carbonyl (C=O) groups excluding carboxylic acids is 1. The van der Waals surface area contributed by atoms with Gasteiger partial charge < -0.3 is 20.3 Å². The molecular formula is C19H20F2N6O2. The number of benzene rings is 1. The Bertz CT molecular complexity index is 962. The Morgan fingerprint density at radius 3 is 2.90 bits per heavy atom. The average Bonchev–Trinajstić information content (AvgIpc) is 3.15. The number of anilines is 3. The van der Waals surface area contributed by atoms with Crippen LogP contribution in [-0.4, -0.2) is 53.7 Å². The van der Waals surface area contributed by atoms with Crippen molar-refractivity contribution in [2.24, 2.45) is 0 Å². The van der Waals surface area contributed by atoms with Crippen molar-refractivity contribution in [3.63, 3.8) is 0 Å². The minimum Gasteiger partial charge on any atom is -0.496 e. The van der Waals surface area contributed by atoms with E-state index in [0.29, 0.717) is 12.4 Å². The summed E-state index contributed by atoms with van der Waals surface area (Å²) in [5.74, 6) is -0.678. The molecular weight excluding hydrogens is 382 g/mol. The van der Waals surface area contributed by atoms with Crippen molar-refractivity contribution in [1.82, 2.24) is 14.9 Å². The Hall–Kier alpha value is -3.48. The first-order valence-electron chi connectivity index (χ1n) is 9.05. The van der Waals surface area contributed by atoms with Crippen molar-refractivity contribution in [3.8, 4) is 11.8 Å². The fraction of sp³-hybridized carbons (Fsp3) is 0.368. The summed E-state index contributed by atoms with van der Waals surface area (Å²) in [6.45, 7) is 2.65. The largest absolute Gasteiger partial charge is 0.496 e. The highest BCUT2D eigenvalue weighted by atomic mass is 19.1. The number of hydrogen-bond donors (Lipinski definition) is 2. The first-order valence-corrected chi connectivity index (χ1v) is 9.05. The van der Waals surface area contributed by atoms with Crippen LogP contribution in [-0.2, 0) is 0 Å². The molecule has 8 nitrogen and oxygen atoms in total. The predicted octanol–water partition coefficient (Wildman–Crippen LogP) is 2.86. The van der Waals surface area contributed by atoms with Gasteiger partial charge in [0.2, 0.25) is 5.95 Å². The van der Waals surface area contributed by atoms with Crippen LogP contribution in [0.25, 0.3) is 0 Å². The van der Waals surface area contributed by atoms with E-state index in [2.05, 4.69) is 20.6 Å². The Balaban J connectivity index is 1.89. The smallest absolute Gasteiger partial charge is 0.257 e. The molecule has 1 unspecified atom stereocenters. The third-order valence-electron chi connectivity index (χ3n) is 4.44. The van der Waals surface area contributed by atoms with Gasteiger partial charge in [0.15, 0.2) is 0 Å². The number of likely N-dealkylation sites (tertiary alicyclic amines) is 1. The van der Waals surface area contributed by atoms with Gasteiger partial charge in [0.25, 0.3) is 5.91 Å². The van der Waals surface area contributed by atoms with Crippen molar-refractivity contribution in [3.05, 3.63) is 35.3 Å². The molecule has 1 aromatic heterocycles. The molecule has 1 aliphatic rings. The number of alkyl halides is 1. The topological polar surface area (TPSA) is 103 Å². The lowest BCUT2D eigenvalue weighted by atomic mass is 10.1. The Kier molecular flexibility index (Phi) is 6.07. The monoisotopic (exact) mass is 402 g/mol. The lowest BCUT2D eigenvalue weighted by Crippen LogP contribution is -2.29. The summed E-state index contributed by atoms with van der Waals surface area (Å²) in [5, 5.41) is 14.8.